The summed E-state index contributed by atoms with van der Waals surface area (Å²) in [5.74, 6) is -0.907. The number of rotatable bonds is 22. The quantitative estimate of drug-likeness (QED) is 0.0584. The maximum atomic E-state index is 14.2. The van der Waals surface area contributed by atoms with Crippen LogP contribution in [0.25, 0.3) is 0 Å². The van der Waals surface area contributed by atoms with Crippen LogP contribution in [-0.4, -0.2) is 82.7 Å². The third-order valence-corrected chi connectivity index (χ3v) is 22.3. The molecule has 0 aliphatic carbocycles. The maximum Gasteiger partial charge on any atom is 0.261 e. The van der Waals surface area contributed by atoms with Crippen molar-refractivity contribution in [2.75, 3.05) is 19.8 Å². The number of benzene rings is 3. The number of ketones is 1. The summed E-state index contributed by atoms with van der Waals surface area (Å²) in [6.07, 6.45) is 6.34. The molecule has 0 saturated carbocycles. The topological polar surface area (TPSA) is 104 Å². The third kappa shape index (κ3) is 14.2. The summed E-state index contributed by atoms with van der Waals surface area (Å²) in [7, 11) is -4.71. The Bertz CT molecular complexity index is 1820. The SMILES string of the molecule is CC1(C)O[C@@H](C[C@H](OCc2ccccc2)C(C)(C)C(=O)/C=C/C/C(=C/CO[Si](C)(C)C(C)(C)C)C[C@@H](O)CO)C[C@H](CCO[Si](c2ccccc2)(c2ccccc2)C(C)(C)C)O1. The molecule has 1 saturated heterocycles. The van der Waals surface area contributed by atoms with Crippen LogP contribution in [0.1, 0.15) is 107 Å². The molecule has 62 heavy (non-hydrogen) atoms. The second-order valence-corrected chi connectivity index (χ2v) is 29.7. The minimum atomic E-state index is -2.73. The van der Waals surface area contributed by atoms with E-state index in [0.717, 1.165) is 11.1 Å². The lowest BCUT2D eigenvalue weighted by atomic mass is 9.78. The zero-order valence-electron chi connectivity index (χ0n) is 39.9. The minimum Gasteiger partial charge on any atom is -0.413 e. The van der Waals surface area contributed by atoms with Crippen molar-refractivity contribution in [1.29, 1.82) is 0 Å². The van der Waals surface area contributed by atoms with Gasteiger partial charge in [0, 0.05) is 19.4 Å². The largest absolute Gasteiger partial charge is 0.413 e. The van der Waals surface area contributed by atoms with Crippen molar-refractivity contribution in [2.24, 2.45) is 5.41 Å². The summed E-state index contributed by atoms with van der Waals surface area (Å²) in [6.45, 7) is 26.7. The number of hydrogen-bond acceptors (Lipinski definition) is 8. The van der Waals surface area contributed by atoms with E-state index in [2.05, 4.69) is 115 Å². The molecule has 1 heterocycles. The van der Waals surface area contributed by atoms with Gasteiger partial charge in [-0.3, -0.25) is 4.79 Å². The van der Waals surface area contributed by atoms with E-state index in [-0.39, 0.29) is 34.7 Å². The van der Waals surface area contributed by atoms with Gasteiger partial charge in [-0.05, 0) is 78.3 Å². The molecule has 4 rings (SSSR count). The van der Waals surface area contributed by atoms with E-state index < -0.39 is 40.0 Å². The van der Waals surface area contributed by atoms with E-state index in [1.54, 1.807) is 6.08 Å². The summed E-state index contributed by atoms with van der Waals surface area (Å²) in [6, 6.07) is 31.4. The van der Waals surface area contributed by atoms with Crippen LogP contribution in [0.15, 0.2) is 115 Å². The van der Waals surface area contributed by atoms with Gasteiger partial charge in [0.2, 0.25) is 0 Å². The molecule has 10 heteroatoms. The summed E-state index contributed by atoms with van der Waals surface area (Å²) in [4.78, 5) is 14.2. The van der Waals surface area contributed by atoms with Crippen LogP contribution < -0.4 is 10.4 Å². The lowest BCUT2D eigenvalue weighted by molar-refractivity contribution is -0.305. The molecule has 1 aliphatic rings. The summed E-state index contributed by atoms with van der Waals surface area (Å²) in [5.41, 5.74) is 1.03. The fraction of sp³-hybridized carbons (Fsp3) is 0.558. The van der Waals surface area contributed by atoms with Gasteiger partial charge in [-0.15, -0.1) is 0 Å². The van der Waals surface area contributed by atoms with Gasteiger partial charge in [-0.2, -0.15) is 0 Å². The molecule has 0 amide bonds. The molecular formula is C52H78O8Si2. The molecule has 0 spiro atoms. The highest BCUT2D eigenvalue weighted by molar-refractivity contribution is 6.99. The van der Waals surface area contributed by atoms with Gasteiger partial charge in [0.1, 0.15) is 0 Å². The number of allylic oxidation sites excluding steroid dienone is 2. The molecule has 3 aromatic rings. The Balaban J connectivity index is 1.53. The maximum absolute atomic E-state index is 14.2. The van der Waals surface area contributed by atoms with Crippen LogP contribution in [0.2, 0.25) is 23.2 Å². The standard InChI is InChI=1S/C52H78O8Si2/c1-49(2,3)61(11,12)57-33-31-40(35-42(54)38-53)25-22-30-47(55)51(7,8)48(56-39-41-23-16-13-17-24-41)37-44-36-43(59-52(9,10)60-44)32-34-58-62(50(4,5)6,45-26-18-14-19-27-45)46-28-20-15-21-29-46/h13-24,26-31,42-44,48,53-54H,25,32-39H2,1-12H3/b30-22+,40-31-/t42-,43+,44-,48+/m1/s1. The van der Waals surface area contributed by atoms with E-state index >= 15 is 0 Å². The number of ether oxygens (including phenoxy) is 3. The van der Waals surface area contributed by atoms with Gasteiger partial charge in [0.25, 0.3) is 8.32 Å². The highest BCUT2D eigenvalue weighted by atomic mass is 28.4. The van der Waals surface area contributed by atoms with Gasteiger partial charge >= 0.3 is 0 Å². The number of carbonyl (C=O) groups is 1. The van der Waals surface area contributed by atoms with E-state index in [4.69, 9.17) is 23.1 Å². The van der Waals surface area contributed by atoms with Crippen LogP contribution in [0, 0.1) is 5.41 Å². The number of carbonyl (C=O) groups excluding carboxylic acids is 1. The van der Waals surface area contributed by atoms with Crippen LogP contribution in [0.3, 0.4) is 0 Å². The predicted octanol–water partition coefficient (Wildman–Crippen LogP) is 10.1. The Morgan fingerprint density at radius 2 is 1.37 bits per heavy atom. The van der Waals surface area contributed by atoms with Crippen molar-refractivity contribution >= 4 is 32.8 Å². The van der Waals surface area contributed by atoms with Crippen LogP contribution in [-0.2, 0) is 34.5 Å². The average molecular weight is 887 g/mol. The second kappa shape index (κ2) is 22.2. The third-order valence-electron chi connectivity index (χ3n) is 12.8. The molecule has 4 atom stereocenters. The van der Waals surface area contributed by atoms with Gasteiger partial charge in [0.05, 0.1) is 49.7 Å². The van der Waals surface area contributed by atoms with E-state index in [0.29, 0.717) is 51.9 Å². The molecule has 1 fully saturated rings. The molecule has 2 N–H and O–H groups in total. The zero-order valence-corrected chi connectivity index (χ0v) is 41.9. The van der Waals surface area contributed by atoms with Gasteiger partial charge in [-0.1, -0.05) is 164 Å². The summed E-state index contributed by atoms with van der Waals surface area (Å²) in [5, 5.41) is 22.4. The lowest BCUT2D eigenvalue weighted by Crippen LogP contribution is -2.66. The first kappa shape index (κ1) is 51.6. The monoisotopic (exact) mass is 887 g/mol. The first-order chi connectivity index (χ1) is 29.0. The Morgan fingerprint density at radius 1 is 0.823 bits per heavy atom. The van der Waals surface area contributed by atoms with Gasteiger partial charge in [0.15, 0.2) is 19.9 Å². The highest BCUT2D eigenvalue weighted by Crippen LogP contribution is 2.40. The first-order valence-electron chi connectivity index (χ1n) is 22.6. The average Bonchev–Trinajstić information content (AvgIpc) is 3.20. The smallest absolute Gasteiger partial charge is 0.261 e. The number of aliphatic hydroxyl groups excluding tert-OH is 2. The van der Waals surface area contributed by atoms with Gasteiger partial charge in [-0.25, -0.2) is 0 Å². The highest BCUT2D eigenvalue weighted by Gasteiger charge is 2.50. The molecule has 3 aromatic carbocycles. The Labute approximate surface area is 376 Å². The van der Waals surface area contributed by atoms with Crippen molar-refractivity contribution in [3.8, 4) is 0 Å². The van der Waals surface area contributed by atoms with E-state index in [1.165, 1.54) is 10.4 Å². The number of aliphatic hydroxyl groups is 2. The molecule has 0 aromatic heterocycles. The first-order valence-corrected chi connectivity index (χ1v) is 27.4. The van der Waals surface area contributed by atoms with Crippen molar-refractivity contribution in [2.45, 2.75) is 161 Å². The Kier molecular flexibility index (Phi) is 18.5. The number of hydrogen-bond donors (Lipinski definition) is 2. The fourth-order valence-electron chi connectivity index (χ4n) is 8.12. The Morgan fingerprint density at radius 3 is 1.90 bits per heavy atom. The molecule has 0 radical (unpaired) electrons. The molecule has 0 unspecified atom stereocenters. The molecule has 8 nitrogen and oxygen atoms in total. The normalized spacial score (nSPS) is 19.1. The fourth-order valence-corrected chi connectivity index (χ4v) is 13.6. The predicted molar refractivity (Wildman–Crippen MR) is 258 cm³/mol. The molecule has 0 bridgehead atoms. The molecule has 342 valence electrons. The van der Waals surface area contributed by atoms with Crippen molar-refractivity contribution in [3.63, 3.8) is 0 Å². The van der Waals surface area contributed by atoms with Crippen LogP contribution in [0.5, 0.6) is 0 Å². The van der Waals surface area contributed by atoms with Crippen molar-refractivity contribution in [1.82, 2.24) is 0 Å². The van der Waals surface area contributed by atoms with Crippen molar-refractivity contribution < 1.29 is 38.1 Å². The van der Waals surface area contributed by atoms with Crippen LogP contribution >= 0.6 is 0 Å². The minimum absolute atomic E-state index is 0.0586. The van der Waals surface area contributed by atoms with Gasteiger partial charge < -0.3 is 33.3 Å². The van der Waals surface area contributed by atoms with Crippen LogP contribution in [0.4, 0.5) is 0 Å². The Hall–Kier alpha value is -3.04. The molecular weight excluding hydrogens is 809 g/mol. The molecule has 1 aliphatic heterocycles. The van der Waals surface area contributed by atoms with E-state index in [9.17, 15) is 15.0 Å². The zero-order chi connectivity index (χ0) is 45.8. The second-order valence-electron chi connectivity index (χ2n) is 20.6. The summed E-state index contributed by atoms with van der Waals surface area (Å²) >= 11 is 0. The summed E-state index contributed by atoms with van der Waals surface area (Å²) < 4.78 is 33.6. The lowest BCUT2D eigenvalue weighted by Gasteiger charge is -2.45. The van der Waals surface area contributed by atoms with E-state index in [1.807, 2.05) is 70.2 Å². The van der Waals surface area contributed by atoms with Crippen molar-refractivity contribution in [3.05, 3.63) is 120 Å².